The summed E-state index contributed by atoms with van der Waals surface area (Å²) in [4.78, 5) is 12.1. The molecule has 1 fully saturated rings. The van der Waals surface area contributed by atoms with E-state index in [1.54, 1.807) is 0 Å². The van der Waals surface area contributed by atoms with Gasteiger partial charge >= 0.3 is 0 Å². The van der Waals surface area contributed by atoms with Crippen LogP contribution in [0.25, 0.3) is 0 Å². The maximum atomic E-state index is 12.1. The standard InChI is InChI=1S/C22H24O/c23-20-13-14-22(16-17-7-2-1-3-8-17)19(15-20)11-6-10-18-9-4-5-12-21(18)22/h1-5,7-9,12,19H,6,10-11,13-16H2/t19-,22-/m0/s1. The van der Waals surface area contributed by atoms with E-state index >= 15 is 0 Å². The molecule has 0 radical (unpaired) electrons. The van der Waals surface area contributed by atoms with Crippen molar-refractivity contribution >= 4 is 5.78 Å². The van der Waals surface area contributed by atoms with Crippen molar-refractivity contribution in [3.8, 4) is 0 Å². The zero-order valence-corrected chi connectivity index (χ0v) is 13.6. The van der Waals surface area contributed by atoms with Crippen LogP contribution in [0.15, 0.2) is 54.6 Å². The van der Waals surface area contributed by atoms with Gasteiger partial charge in [0.25, 0.3) is 0 Å². The Morgan fingerprint density at radius 3 is 2.61 bits per heavy atom. The molecule has 2 aliphatic rings. The fourth-order valence-electron chi connectivity index (χ4n) is 4.92. The van der Waals surface area contributed by atoms with E-state index in [0.717, 1.165) is 32.1 Å². The van der Waals surface area contributed by atoms with Crippen molar-refractivity contribution in [3.05, 3.63) is 71.3 Å². The maximum absolute atomic E-state index is 12.1. The van der Waals surface area contributed by atoms with Gasteiger partial charge in [-0.3, -0.25) is 4.79 Å². The summed E-state index contributed by atoms with van der Waals surface area (Å²) < 4.78 is 0. The Balaban J connectivity index is 1.83. The first-order valence-electron chi connectivity index (χ1n) is 8.92. The molecule has 2 aromatic carbocycles. The van der Waals surface area contributed by atoms with Gasteiger partial charge in [0.05, 0.1) is 0 Å². The van der Waals surface area contributed by atoms with Gasteiger partial charge in [-0.2, -0.15) is 0 Å². The normalized spacial score (nSPS) is 27.0. The Kier molecular flexibility index (Phi) is 3.80. The first-order chi connectivity index (χ1) is 11.3. The Morgan fingerprint density at radius 2 is 1.74 bits per heavy atom. The third-order valence-corrected chi connectivity index (χ3v) is 6.02. The first kappa shape index (κ1) is 14.7. The van der Waals surface area contributed by atoms with Crippen LogP contribution >= 0.6 is 0 Å². The van der Waals surface area contributed by atoms with Crippen LogP contribution in [0.5, 0.6) is 0 Å². The van der Waals surface area contributed by atoms with E-state index in [1.807, 2.05) is 0 Å². The minimum absolute atomic E-state index is 0.155. The highest BCUT2D eigenvalue weighted by molar-refractivity contribution is 5.80. The van der Waals surface area contributed by atoms with Crippen LogP contribution in [-0.2, 0) is 23.1 Å². The lowest BCUT2D eigenvalue weighted by molar-refractivity contribution is -0.123. The van der Waals surface area contributed by atoms with Crippen LogP contribution in [0, 0.1) is 5.92 Å². The van der Waals surface area contributed by atoms with Gasteiger partial charge in [0, 0.05) is 18.3 Å². The van der Waals surface area contributed by atoms with Crippen LogP contribution in [0.3, 0.4) is 0 Å². The lowest BCUT2D eigenvalue weighted by atomic mass is 9.59. The molecule has 0 N–H and O–H groups in total. The van der Waals surface area contributed by atoms with E-state index in [9.17, 15) is 4.79 Å². The fraction of sp³-hybridized carbons (Fsp3) is 0.409. The van der Waals surface area contributed by atoms with Crippen molar-refractivity contribution in [2.24, 2.45) is 5.92 Å². The summed E-state index contributed by atoms with van der Waals surface area (Å²) in [6, 6.07) is 19.9. The number of ketones is 1. The highest BCUT2D eigenvalue weighted by Gasteiger charge is 2.46. The van der Waals surface area contributed by atoms with Gasteiger partial charge in [-0.25, -0.2) is 0 Å². The maximum Gasteiger partial charge on any atom is 0.133 e. The third-order valence-electron chi connectivity index (χ3n) is 6.02. The number of rotatable bonds is 2. The molecule has 1 nitrogen and oxygen atoms in total. The second-order valence-electron chi connectivity index (χ2n) is 7.31. The molecule has 118 valence electrons. The highest BCUT2D eigenvalue weighted by Crippen LogP contribution is 2.50. The molecule has 0 spiro atoms. The van der Waals surface area contributed by atoms with Crippen LogP contribution in [0.4, 0.5) is 0 Å². The van der Waals surface area contributed by atoms with Crippen LogP contribution in [0.1, 0.15) is 48.8 Å². The number of hydrogen-bond acceptors (Lipinski definition) is 1. The van der Waals surface area contributed by atoms with Crippen LogP contribution < -0.4 is 0 Å². The molecular weight excluding hydrogens is 280 g/mol. The minimum atomic E-state index is 0.155. The van der Waals surface area contributed by atoms with E-state index in [4.69, 9.17) is 0 Å². The summed E-state index contributed by atoms with van der Waals surface area (Å²) in [5, 5.41) is 0. The van der Waals surface area contributed by atoms with Crippen molar-refractivity contribution in [3.63, 3.8) is 0 Å². The predicted octanol–water partition coefficient (Wildman–Crippen LogP) is 4.87. The van der Waals surface area contributed by atoms with Crippen molar-refractivity contribution in [1.82, 2.24) is 0 Å². The van der Waals surface area contributed by atoms with Gasteiger partial charge in [-0.1, -0.05) is 54.6 Å². The lowest BCUT2D eigenvalue weighted by Gasteiger charge is -2.44. The minimum Gasteiger partial charge on any atom is -0.300 e. The van der Waals surface area contributed by atoms with E-state index in [2.05, 4.69) is 54.6 Å². The Hall–Kier alpha value is -1.89. The van der Waals surface area contributed by atoms with E-state index in [0.29, 0.717) is 11.7 Å². The highest BCUT2D eigenvalue weighted by atomic mass is 16.1. The summed E-state index contributed by atoms with van der Waals surface area (Å²) >= 11 is 0. The number of carbonyl (C=O) groups is 1. The second kappa shape index (κ2) is 5.96. The average molecular weight is 304 g/mol. The Morgan fingerprint density at radius 1 is 0.957 bits per heavy atom. The molecule has 0 saturated heterocycles. The molecule has 2 aliphatic carbocycles. The SMILES string of the molecule is O=C1CC[C@@]2(Cc3ccccc3)c3ccccc3CCC[C@H]2C1. The van der Waals surface area contributed by atoms with Crippen molar-refractivity contribution in [2.45, 2.75) is 50.4 Å². The smallest absolute Gasteiger partial charge is 0.133 e. The molecule has 4 rings (SSSR count). The number of carbonyl (C=O) groups excluding carboxylic acids is 1. The molecule has 1 heteroatoms. The number of aryl methyl sites for hydroxylation is 1. The Labute approximate surface area is 138 Å². The molecule has 2 atom stereocenters. The third kappa shape index (κ3) is 2.63. The fourth-order valence-corrected chi connectivity index (χ4v) is 4.92. The molecular formula is C22H24O. The zero-order valence-electron chi connectivity index (χ0n) is 13.6. The van der Waals surface area contributed by atoms with Crippen molar-refractivity contribution in [2.75, 3.05) is 0 Å². The quantitative estimate of drug-likeness (QED) is 0.773. The molecule has 0 heterocycles. The molecule has 0 bridgehead atoms. The average Bonchev–Trinajstić information content (AvgIpc) is 2.73. The van der Waals surface area contributed by atoms with Gasteiger partial charge in [0.2, 0.25) is 0 Å². The summed E-state index contributed by atoms with van der Waals surface area (Å²) in [6.07, 6.45) is 7.18. The van der Waals surface area contributed by atoms with E-state index in [-0.39, 0.29) is 5.41 Å². The summed E-state index contributed by atoms with van der Waals surface area (Å²) in [5.41, 5.74) is 4.60. The van der Waals surface area contributed by atoms with Gasteiger partial charge in [-0.15, -0.1) is 0 Å². The van der Waals surface area contributed by atoms with Gasteiger partial charge < -0.3 is 0 Å². The molecule has 2 aromatic rings. The zero-order chi connectivity index (χ0) is 15.7. The Bertz CT molecular complexity index is 703. The van der Waals surface area contributed by atoms with E-state index in [1.165, 1.54) is 29.5 Å². The van der Waals surface area contributed by atoms with Gasteiger partial charge in [0.1, 0.15) is 5.78 Å². The van der Waals surface area contributed by atoms with Gasteiger partial charge in [-0.05, 0) is 54.7 Å². The number of benzene rings is 2. The topological polar surface area (TPSA) is 17.1 Å². The largest absolute Gasteiger partial charge is 0.300 e. The van der Waals surface area contributed by atoms with Crippen LogP contribution in [0.2, 0.25) is 0 Å². The molecule has 23 heavy (non-hydrogen) atoms. The monoisotopic (exact) mass is 304 g/mol. The van der Waals surface area contributed by atoms with Gasteiger partial charge in [0.15, 0.2) is 0 Å². The molecule has 0 unspecified atom stereocenters. The number of hydrogen-bond donors (Lipinski definition) is 0. The lowest BCUT2D eigenvalue weighted by Crippen LogP contribution is -2.42. The van der Waals surface area contributed by atoms with Crippen molar-refractivity contribution in [1.29, 1.82) is 0 Å². The second-order valence-corrected chi connectivity index (χ2v) is 7.31. The molecule has 0 amide bonds. The molecule has 1 saturated carbocycles. The van der Waals surface area contributed by atoms with E-state index < -0.39 is 0 Å². The number of Topliss-reactive ketones (excluding diaryl/α,β-unsaturated/α-hetero) is 1. The van der Waals surface area contributed by atoms with Crippen molar-refractivity contribution < 1.29 is 4.79 Å². The number of fused-ring (bicyclic) bond motifs is 3. The summed E-state index contributed by atoms with van der Waals surface area (Å²) in [6.45, 7) is 0. The first-order valence-corrected chi connectivity index (χ1v) is 8.92. The predicted molar refractivity (Wildman–Crippen MR) is 93.6 cm³/mol. The van der Waals surface area contributed by atoms with Crippen LogP contribution in [-0.4, -0.2) is 5.78 Å². The summed E-state index contributed by atoms with van der Waals surface area (Å²) in [5.74, 6) is 0.977. The summed E-state index contributed by atoms with van der Waals surface area (Å²) in [7, 11) is 0. The molecule has 0 aliphatic heterocycles. The molecule has 0 aromatic heterocycles.